The molecule has 0 aromatic heterocycles. The van der Waals surface area contributed by atoms with Crippen molar-refractivity contribution < 1.29 is 27.9 Å². The van der Waals surface area contributed by atoms with Gasteiger partial charge in [-0.3, -0.25) is 9.59 Å². The molecular formula is C14H14F3NO3. The Morgan fingerprint density at radius 3 is 2.62 bits per heavy atom. The van der Waals surface area contributed by atoms with Crippen molar-refractivity contribution in [2.45, 2.75) is 18.5 Å². The summed E-state index contributed by atoms with van der Waals surface area (Å²) in [6, 6.07) is 4.91. The standard InChI is InChI=1S/C14H14F3NO3/c1-18(7-12(19)20)13(21)11-6-10(11)8-3-2-4-9(5-8)14(15,16)17/h2-5,10-11H,6-7H2,1H3,(H,19,20). The van der Waals surface area contributed by atoms with Crippen LogP contribution in [0, 0.1) is 5.92 Å². The molecule has 2 rings (SSSR count). The van der Waals surface area contributed by atoms with Crippen LogP contribution in [-0.2, 0) is 15.8 Å². The summed E-state index contributed by atoms with van der Waals surface area (Å²) >= 11 is 0. The zero-order valence-corrected chi connectivity index (χ0v) is 11.2. The van der Waals surface area contributed by atoms with E-state index in [0.717, 1.165) is 17.0 Å². The maximum absolute atomic E-state index is 12.6. The zero-order chi connectivity index (χ0) is 15.8. The molecule has 1 aliphatic carbocycles. The Hall–Kier alpha value is -2.05. The van der Waals surface area contributed by atoms with Crippen LogP contribution in [0.3, 0.4) is 0 Å². The average molecular weight is 301 g/mol. The van der Waals surface area contributed by atoms with Gasteiger partial charge in [0.2, 0.25) is 5.91 Å². The highest BCUT2D eigenvalue weighted by Crippen LogP contribution is 2.49. The molecular weight excluding hydrogens is 287 g/mol. The summed E-state index contributed by atoms with van der Waals surface area (Å²) in [4.78, 5) is 23.6. The number of amides is 1. The van der Waals surface area contributed by atoms with E-state index in [9.17, 15) is 22.8 Å². The summed E-state index contributed by atoms with van der Waals surface area (Å²) in [7, 11) is 1.37. The summed E-state index contributed by atoms with van der Waals surface area (Å²) in [5, 5.41) is 8.62. The lowest BCUT2D eigenvalue weighted by Gasteiger charge is -2.14. The lowest BCUT2D eigenvalue weighted by atomic mass is 10.1. The van der Waals surface area contributed by atoms with Gasteiger partial charge in [-0.05, 0) is 24.0 Å². The largest absolute Gasteiger partial charge is 0.480 e. The highest BCUT2D eigenvalue weighted by molar-refractivity contribution is 5.85. The number of nitrogens with zero attached hydrogens (tertiary/aromatic N) is 1. The van der Waals surface area contributed by atoms with Crippen LogP contribution in [-0.4, -0.2) is 35.5 Å². The van der Waals surface area contributed by atoms with Crippen molar-refractivity contribution in [3.05, 3.63) is 35.4 Å². The fraction of sp³-hybridized carbons (Fsp3) is 0.429. The Kier molecular flexibility index (Phi) is 3.93. The average Bonchev–Trinajstić information content (AvgIpc) is 3.16. The number of benzene rings is 1. The zero-order valence-electron chi connectivity index (χ0n) is 11.2. The van der Waals surface area contributed by atoms with Gasteiger partial charge in [-0.15, -0.1) is 0 Å². The Labute approximate surface area is 119 Å². The van der Waals surface area contributed by atoms with Crippen molar-refractivity contribution >= 4 is 11.9 Å². The van der Waals surface area contributed by atoms with E-state index in [1.807, 2.05) is 0 Å². The van der Waals surface area contributed by atoms with Crippen LogP contribution in [0.25, 0.3) is 0 Å². The van der Waals surface area contributed by atoms with Gasteiger partial charge < -0.3 is 10.0 Å². The van der Waals surface area contributed by atoms with Gasteiger partial charge in [0.05, 0.1) is 5.56 Å². The molecule has 1 amide bonds. The molecule has 4 nitrogen and oxygen atoms in total. The number of rotatable bonds is 4. The summed E-state index contributed by atoms with van der Waals surface area (Å²) in [5.41, 5.74) is -0.274. The molecule has 0 radical (unpaired) electrons. The third-order valence-corrected chi connectivity index (χ3v) is 3.50. The summed E-state index contributed by atoms with van der Waals surface area (Å²) in [5.74, 6) is -2.17. The van der Waals surface area contributed by atoms with Crippen LogP contribution < -0.4 is 0 Å². The third kappa shape index (κ3) is 3.53. The predicted octanol–water partition coefficient (Wildman–Crippen LogP) is 2.35. The first-order chi connectivity index (χ1) is 9.70. The molecule has 1 saturated carbocycles. The van der Waals surface area contributed by atoms with Crippen molar-refractivity contribution in [3.63, 3.8) is 0 Å². The van der Waals surface area contributed by atoms with Gasteiger partial charge in [0.15, 0.2) is 0 Å². The van der Waals surface area contributed by atoms with Crippen LogP contribution in [0.5, 0.6) is 0 Å². The smallest absolute Gasteiger partial charge is 0.416 e. The number of carboxylic acids is 1. The molecule has 0 bridgehead atoms. The molecule has 2 unspecified atom stereocenters. The normalized spacial score (nSPS) is 21.0. The highest BCUT2D eigenvalue weighted by atomic mass is 19.4. The van der Waals surface area contributed by atoms with E-state index >= 15 is 0 Å². The number of likely N-dealkylation sites (N-methyl/N-ethyl adjacent to an activating group) is 1. The molecule has 0 spiro atoms. The molecule has 114 valence electrons. The topological polar surface area (TPSA) is 57.6 Å². The number of aliphatic carboxylic acids is 1. The van der Waals surface area contributed by atoms with Gasteiger partial charge in [0.1, 0.15) is 6.54 Å². The molecule has 7 heteroatoms. The van der Waals surface area contributed by atoms with Crippen molar-refractivity contribution in [1.29, 1.82) is 0 Å². The second-order valence-electron chi connectivity index (χ2n) is 5.16. The van der Waals surface area contributed by atoms with Gasteiger partial charge in [0.25, 0.3) is 0 Å². The number of alkyl halides is 3. The predicted molar refractivity (Wildman–Crippen MR) is 67.6 cm³/mol. The first-order valence-electron chi connectivity index (χ1n) is 6.34. The number of halogens is 3. The fourth-order valence-corrected chi connectivity index (χ4v) is 2.35. The van der Waals surface area contributed by atoms with E-state index in [0.29, 0.717) is 12.0 Å². The molecule has 0 saturated heterocycles. The molecule has 1 aromatic carbocycles. The summed E-state index contributed by atoms with van der Waals surface area (Å²) < 4.78 is 37.9. The minimum atomic E-state index is -4.41. The minimum Gasteiger partial charge on any atom is -0.480 e. The van der Waals surface area contributed by atoms with Gasteiger partial charge in [-0.2, -0.15) is 13.2 Å². The third-order valence-electron chi connectivity index (χ3n) is 3.50. The number of hydrogen-bond acceptors (Lipinski definition) is 2. The molecule has 21 heavy (non-hydrogen) atoms. The lowest BCUT2D eigenvalue weighted by molar-refractivity contribution is -0.144. The Morgan fingerprint density at radius 1 is 1.38 bits per heavy atom. The van der Waals surface area contributed by atoms with Crippen molar-refractivity contribution in [1.82, 2.24) is 4.90 Å². The number of carbonyl (C=O) groups is 2. The second kappa shape index (κ2) is 5.38. The number of hydrogen-bond donors (Lipinski definition) is 1. The van der Waals surface area contributed by atoms with E-state index < -0.39 is 30.2 Å². The molecule has 0 aliphatic heterocycles. The Bertz CT molecular complexity index is 571. The van der Waals surface area contributed by atoms with Gasteiger partial charge in [-0.1, -0.05) is 18.2 Å². The number of carboxylic acid groups (broad SMARTS) is 1. The van der Waals surface area contributed by atoms with Crippen molar-refractivity contribution in [3.8, 4) is 0 Å². The van der Waals surface area contributed by atoms with Gasteiger partial charge >= 0.3 is 12.1 Å². The van der Waals surface area contributed by atoms with E-state index in [1.54, 1.807) is 6.07 Å². The second-order valence-corrected chi connectivity index (χ2v) is 5.16. The van der Waals surface area contributed by atoms with Crippen LogP contribution in [0.1, 0.15) is 23.5 Å². The minimum absolute atomic E-state index is 0.268. The molecule has 1 N–H and O–H groups in total. The first-order valence-corrected chi connectivity index (χ1v) is 6.34. The molecule has 0 heterocycles. The van der Waals surface area contributed by atoms with Crippen LogP contribution in [0.4, 0.5) is 13.2 Å². The molecule has 2 atom stereocenters. The molecule has 1 fully saturated rings. The highest BCUT2D eigenvalue weighted by Gasteiger charge is 2.46. The van der Waals surface area contributed by atoms with Gasteiger partial charge in [-0.25, -0.2) is 0 Å². The maximum Gasteiger partial charge on any atom is 0.416 e. The van der Waals surface area contributed by atoms with Crippen molar-refractivity contribution in [2.24, 2.45) is 5.92 Å². The Balaban J connectivity index is 2.06. The van der Waals surface area contributed by atoms with E-state index in [-0.39, 0.29) is 11.8 Å². The van der Waals surface area contributed by atoms with E-state index in [2.05, 4.69) is 0 Å². The summed E-state index contributed by atoms with van der Waals surface area (Å²) in [6.45, 7) is -0.412. The SMILES string of the molecule is CN(CC(=O)O)C(=O)C1CC1c1cccc(C(F)(F)F)c1. The van der Waals surface area contributed by atoms with Crippen LogP contribution in [0.15, 0.2) is 24.3 Å². The maximum atomic E-state index is 12.6. The van der Waals surface area contributed by atoms with Crippen LogP contribution >= 0.6 is 0 Å². The van der Waals surface area contributed by atoms with E-state index in [4.69, 9.17) is 5.11 Å². The van der Waals surface area contributed by atoms with Crippen LogP contribution in [0.2, 0.25) is 0 Å². The summed E-state index contributed by atoms with van der Waals surface area (Å²) in [6.07, 6.45) is -3.96. The molecule has 1 aromatic rings. The number of carbonyl (C=O) groups excluding carboxylic acids is 1. The quantitative estimate of drug-likeness (QED) is 0.928. The van der Waals surface area contributed by atoms with E-state index in [1.165, 1.54) is 13.1 Å². The lowest BCUT2D eigenvalue weighted by Crippen LogP contribution is -2.33. The molecule has 1 aliphatic rings. The monoisotopic (exact) mass is 301 g/mol. The van der Waals surface area contributed by atoms with Gasteiger partial charge in [0, 0.05) is 13.0 Å². The fourth-order valence-electron chi connectivity index (χ4n) is 2.35. The van der Waals surface area contributed by atoms with Crippen molar-refractivity contribution in [2.75, 3.05) is 13.6 Å². The first kappa shape index (κ1) is 15.3. The Morgan fingerprint density at radius 2 is 2.05 bits per heavy atom.